The average Bonchev–Trinajstić information content (AvgIpc) is 2.07. The molecule has 0 bridgehead atoms. The van der Waals surface area contributed by atoms with Crippen LogP contribution in [0, 0.1) is 13.1 Å². The lowest BCUT2D eigenvalue weighted by Crippen LogP contribution is -1.82. The lowest BCUT2D eigenvalue weighted by atomic mass is 10.1. The van der Waals surface area contributed by atoms with Crippen LogP contribution >= 0.6 is 11.6 Å². The number of halogens is 1. The van der Waals surface area contributed by atoms with Crippen LogP contribution in [0.15, 0.2) is 24.3 Å². The van der Waals surface area contributed by atoms with Gasteiger partial charge in [-0.3, -0.25) is 0 Å². The first-order chi connectivity index (χ1) is 5.79. The molecule has 1 heterocycles. The normalized spacial score (nSPS) is 10.5. The number of benzene rings is 1. The van der Waals surface area contributed by atoms with Crippen molar-refractivity contribution in [3.05, 3.63) is 41.0 Å². The molecule has 0 atom stereocenters. The maximum absolute atomic E-state index is 5.95. The van der Waals surface area contributed by atoms with E-state index in [1.54, 1.807) is 0 Å². The van der Waals surface area contributed by atoms with Crippen LogP contribution in [-0.4, -0.2) is 4.98 Å². The van der Waals surface area contributed by atoms with Gasteiger partial charge in [0.25, 0.3) is 0 Å². The van der Waals surface area contributed by atoms with Crippen molar-refractivity contribution in [2.45, 2.75) is 6.92 Å². The molecule has 0 saturated carbocycles. The number of hydrogen-bond donors (Lipinski definition) is 0. The zero-order valence-corrected chi connectivity index (χ0v) is 7.39. The van der Waals surface area contributed by atoms with Gasteiger partial charge >= 0.3 is 0 Å². The van der Waals surface area contributed by atoms with E-state index in [-0.39, 0.29) is 0 Å². The zero-order valence-electron chi connectivity index (χ0n) is 6.63. The SMILES string of the molecule is Cc1c[c]nc2c(Cl)cccc12. The van der Waals surface area contributed by atoms with Crippen molar-refractivity contribution >= 4 is 22.5 Å². The molecule has 0 saturated heterocycles. The standard InChI is InChI=1S/C10H7ClN/c1-7-5-6-12-10-8(7)3-2-4-9(10)11/h2-5H,1H3. The smallest absolute Gasteiger partial charge is 0.0898 e. The summed E-state index contributed by atoms with van der Waals surface area (Å²) in [6.07, 6.45) is 2.81. The third-order valence-corrected chi connectivity index (χ3v) is 2.17. The maximum atomic E-state index is 5.95. The molecule has 1 aromatic heterocycles. The fourth-order valence-electron chi connectivity index (χ4n) is 1.22. The summed E-state index contributed by atoms with van der Waals surface area (Å²) in [5, 5.41) is 1.79. The third kappa shape index (κ3) is 1.07. The van der Waals surface area contributed by atoms with Gasteiger partial charge in [-0.05, 0) is 24.6 Å². The van der Waals surface area contributed by atoms with Crippen LogP contribution in [0.4, 0.5) is 0 Å². The van der Waals surface area contributed by atoms with E-state index < -0.39 is 0 Å². The van der Waals surface area contributed by atoms with Crippen LogP contribution in [-0.2, 0) is 0 Å². The number of pyridine rings is 1. The lowest BCUT2D eigenvalue weighted by molar-refractivity contribution is 1.35. The van der Waals surface area contributed by atoms with Gasteiger partial charge in [0.1, 0.15) is 0 Å². The first kappa shape index (κ1) is 7.56. The van der Waals surface area contributed by atoms with Crippen molar-refractivity contribution in [1.29, 1.82) is 0 Å². The quantitative estimate of drug-likeness (QED) is 0.602. The molecule has 1 radical (unpaired) electrons. The summed E-state index contributed by atoms with van der Waals surface area (Å²) < 4.78 is 0. The minimum absolute atomic E-state index is 0.687. The first-order valence-electron chi connectivity index (χ1n) is 3.71. The average molecular weight is 177 g/mol. The summed E-state index contributed by atoms with van der Waals surface area (Å²) in [6.45, 7) is 2.02. The van der Waals surface area contributed by atoms with Gasteiger partial charge in [-0.15, -0.1) is 0 Å². The van der Waals surface area contributed by atoms with E-state index in [0.29, 0.717) is 5.02 Å². The molecule has 0 amide bonds. The van der Waals surface area contributed by atoms with E-state index in [0.717, 1.165) is 16.5 Å². The second-order valence-corrected chi connectivity index (χ2v) is 3.11. The van der Waals surface area contributed by atoms with Crippen molar-refractivity contribution < 1.29 is 0 Å². The van der Waals surface area contributed by atoms with E-state index in [1.807, 2.05) is 31.2 Å². The Hall–Kier alpha value is -1.08. The van der Waals surface area contributed by atoms with Crippen molar-refractivity contribution in [2.24, 2.45) is 0 Å². The van der Waals surface area contributed by atoms with Crippen LogP contribution in [0.25, 0.3) is 10.9 Å². The van der Waals surface area contributed by atoms with E-state index in [1.165, 1.54) is 0 Å². The molecule has 12 heavy (non-hydrogen) atoms. The first-order valence-corrected chi connectivity index (χ1v) is 4.09. The van der Waals surface area contributed by atoms with E-state index in [9.17, 15) is 0 Å². The van der Waals surface area contributed by atoms with E-state index in [4.69, 9.17) is 11.6 Å². The number of para-hydroxylation sites is 1. The predicted octanol–water partition coefficient (Wildman–Crippen LogP) is 3.00. The van der Waals surface area contributed by atoms with Crippen molar-refractivity contribution in [2.75, 3.05) is 0 Å². The summed E-state index contributed by atoms with van der Waals surface area (Å²) in [6, 6.07) is 7.64. The molecule has 2 rings (SSSR count). The second-order valence-electron chi connectivity index (χ2n) is 2.70. The lowest BCUT2D eigenvalue weighted by Gasteiger charge is -2.00. The molecule has 59 valence electrons. The topological polar surface area (TPSA) is 12.9 Å². The molecule has 2 heteroatoms. The summed E-state index contributed by atoms with van der Waals surface area (Å²) in [5.41, 5.74) is 1.99. The molecular formula is C10H7ClN. The molecule has 1 aromatic carbocycles. The minimum atomic E-state index is 0.687. The third-order valence-electron chi connectivity index (χ3n) is 1.87. The molecular weight excluding hydrogens is 170 g/mol. The highest BCUT2D eigenvalue weighted by molar-refractivity contribution is 6.35. The van der Waals surface area contributed by atoms with Crippen molar-refractivity contribution in [3.63, 3.8) is 0 Å². The van der Waals surface area contributed by atoms with Crippen LogP contribution < -0.4 is 0 Å². The molecule has 0 unspecified atom stereocenters. The molecule has 0 spiro atoms. The summed E-state index contributed by atoms with van der Waals surface area (Å²) in [4.78, 5) is 4.08. The molecule has 2 aromatic rings. The minimum Gasteiger partial charge on any atom is -0.245 e. The Morgan fingerprint density at radius 2 is 2.25 bits per heavy atom. The number of aromatic nitrogens is 1. The van der Waals surface area contributed by atoms with E-state index in [2.05, 4.69) is 11.2 Å². The molecule has 1 nitrogen and oxygen atoms in total. The second kappa shape index (κ2) is 2.76. The summed E-state index contributed by atoms with van der Waals surface area (Å²) in [5.74, 6) is 0. The predicted molar refractivity (Wildman–Crippen MR) is 50.3 cm³/mol. The van der Waals surface area contributed by atoms with Gasteiger partial charge in [0.05, 0.1) is 16.7 Å². The van der Waals surface area contributed by atoms with Crippen molar-refractivity contribution in [3.8, 4) is 0 Å². The monoisotopic (exact) mass is 176 g/mol. The highest BCUT2D eigenvalue weighted by Gasteiger charge is 2.00. The van der Waals surface area contributed by atoms with Crippen LogP contribution in [0.1, 0.15) is 5.56 Å². The highest BCUT2D eigenvalue weighted by atomic mass is 35.5. The van der Waals surface area contributed by atoms with Crippen LogP contribution in [0.5, 0.6) is 0 Å². The molecule has 0 N–H and O–H groups in total. The van der Waals surface area contributed by atoms with Gasteiger partial charge in [0.15, 0.2) is 0 Å². The number of aryl methyl sites for hydroxylation is 1. The fraction of sp³-hybridized carbons (Fsp3) is 0.100. The molecule has 0 aliphatic rings. The number of fused-ring (bicyclic) bond motifs is 1. The molecule has 0 fully saturated rings. The van der Waals surface area contributed by atoms with Crippen LogP contribution in [0.2, 0.25) is 5.02 Å². The molecule has 0 aliphatic carbocycles. The van der Waals surface area contributed by atoms with E-state index >= 15 is 0 Å². The van der Waals surface area contributed by atoms with Gasteiger partial charge in [0, 0.05) is 5.39 Å². The van der Waals surface area contributed by atoms with Gasteiger partial charge < -0.3 is 0 Å². The Morgan fingerprint density at radius 3 is 3.00 bits per heavy atom. The Balaban J connectivity index is 2.94. The van der Waals surface area contributed by atoms with Crippen molar-refractivity contribution in [1.82, 2.24) is 4.98 Å². The van der Waals surface area contributed by atoms with Crippen LogP contribution in [0.3, 0.4) is 0 Å². The highest BCUT2D eigenvalue weighted by Crippen LogP contribution is 2.22. The van der Waals surface area contributed by atoms with Gasteiger partial charge in [-0.2, -0.15) is 0 Å². The Bertz CT molecular complexity index is 382. The van der Waals surface area contributed by atoms with Gasteiger partial charge in [-0.1, -0.05) is 23.7 Å². The Morgan fingerprint density at radius 1 is 1.42 bits per heavy atom. The number of rotatable bonds is 0. The van der Waals surface area contributed by atoms with Gasteiger partial charge in [0.2, 0.25) is 0 Å². The Kier molecular flexibility index (Phi) is 1.74. The maximum Gasteiger partial charge on any atom is 0.0898 e. The number of hydrogen-bond acceptors (Lipinski definition) is 1. The van der Waals surface area contributed by atoms with Gasteiger partial charge in [-0.25, -0.2) is 4.98 Å². The number of nitrogens with zero attached hydrogens (tertiary/aromatic N) is 1. The fourth-order valence-corrected chi connectivity index (χ4v) is 1.44. The Labute approximate surface area is 76.0 Å². The summed E-state index contributed by atoms with van der Waals surface area (Å²) >= 11 is 5.95. The zero-order chi connectivity index (χ0) is 8.55. The largest absolute Gasteiger partial charge is 0.245 e. The molecule has 0 aliphatic heterocycles. The summed E-state index contributed by atoms with van der Waals surface area (Å²) in [7, 11) is 0.